The summed E-state index contributed by atoms with van der Waals surface area (Å²) < 4.78 is 11.2. The average Bonchev–Trinajstić information content (AvgIpc) is 2.50. The van der Waals surface area contributed by atoms with Crippen molar-refractivity contribution in [2.24, 2.45) is 0 Å². The molecule has 0 N–H and O–H groups in total. The normalized spacial score (nSPS) is 12.8. The zero-order chi connectivity index (χ0) is 18.3. The van der Waals surface area contributed by atoms with Crippen LogP contribution < -0.4 is 0 Å². The zero-order valence-electron chi connectivity index (χ0n) is 14.7. The Balaban J connectivity index is 3.10. The molecular weight excluding hydrogens is 374 g/mol. The number of allylic oxidation sites excluding steroid dienone is 1. The molecule has 0 spiro atoms. The number of esters is 1. The molecule has 24 heavy (non-hydrogen) atoms. The largest absolute Gasteiger partial charge is 0.467 e. The second-order valence-corrected chi connectivity index (χ2v) is 7.16. The summed E-state index contributed by atoms with van der Waals surface area (Å²) in [6, 6.07) is 6.75. The third-order valence-electron chi connectivity index (χ3n) is 3.07. The summed E-state index contributed by atoms with van der Waals surface area (Å²) in [4.78, 5) is 26.0. The van der Waals surface area contributed by atoms with Crippen LogP contribution in [-0.4, -0.2) is 35.7 Å². The Morgan fingerprint density at radius 3 is 2.29 bits per heavy atom. The highest BCUT2D eigenvalue weighted by molar-refractivity contribution is 9.10. The van der Waals surface area contributed by atoms with Crippen LogP contribution in [0, 0.1) is 0 Å². The Hall–Kier alpha value is -1.82. The number of hydrogen-bond acceptors (Lipinski definition) is 4. The molecule has 0 aliphatic rings. The van der Waals surface area contributed by atoms with Gasteiger partial charge in [-0.25, -0.2) is 9.59 Å². The molecule has 1 amide bonds. The van der Waals surface area contributed by atoms with Crippen LogP contribution >= 0.6 is 15.9 Å². The summed E-state index contributed by atoms with van der Waals surface area (Å²) in [6.45, 7) is 7.10. The van der Waals surface area contributed by atoms with Crippen LogP contribution in [0.15, 0.2) is 41.0 Å². The van der Waals surface area contributed by atoms with Crippen molar-refractivity contribution in [3.05, 3.63) is 46.6 Å². The number of halogens is 1. The van der Waals surface area contributed by atoms with E-state index in [4.69, 9.17) is 9.47 Å². The topological polar surface area (TPSA) is 55.8 Å². The summed E-state index contributed by atoms with van der Waals surface area (Å²) in [6.07, 6.45) is 2.95. The number of rotatable bonds is 5. The van der Waals surface area contributed by atoms with Gasteiger partial charge in [0.2, 0.25) is 0 Å². The van der Waals surface area contributed by atoms with Gasteiger partial charge in [-0.05, 0) is 45.4 Å². The molecule has 0 radical (unpaired) electrons. The van der Waals surface area contributed by atoms with Crippen LogP contribution in [0.5, 0.6) is 0 Å². The van der Waals surface area contributed by atoms with Crippen LogP contribution in [0.1, 0.15) is 33.3 Å². The van der Waals surface area contributed by atoms with E-state index in [1.807, 2.05) is 24.3 Å². The lowest BCUT2D eigenvalue weighted by molar-refractivity contribution is -0.145. The molecule has 0 saturated heterocycles. The molecule has 0 bridgehead atoms. The molecule has 1 atom stereocenters. The number of ether oxygens (including phenoxy) is 2. The Bertz CT molecular complexity index is 590. The Morgan fingerprint density at radius 1 is 1.25 bits per heavy atom. The van der Waals surface area contributed by atoms with E-state index in [2.05, 4.69) is 15.9 Å². The Labute approximate surface area is 151 Å². The second kappa shape index (κ2) is 8.87. The van der Waals surface area contributed by atoms with Crippen molar-refractivity contribution in [2.75, 3.05) is 7.11 Å². The van der Waals surface area contributed by atoms with Crippen molar-refractivity contribution in [3.8, 4) is 0 Å². The van der Waals surface area contributed by atoms with Gasteiger partial charge in [0.05, 0.1) is 7.11 Å². The first-order valence-electron chi connectivity index (χ1n) is 7.64. The lowest BCUT2D eigenvalue weighted by Gasteiger charge is -2.30. The third-order valence-corrected chi connectivity index (χ3v) is 3.59. The van der Waals surface area contributed by atoms with Gasteiger partial charge >= 0.3 is 12.1 Å². The lowest BCUT2D eigenvalue weighted by atomic mass is 10.1. The summed E-state index contributed by atoms with van der Waals surface area (Å²) >= 11 is 3.38. The molecule has 6 heteroatoms. The van der Waals surface area contributed by atoms with Gasteiger partial charge in [-0.15, -0.1) is 0 Å². The second-order valence-electron chi connectivity index (χ2n) is 6.24. The predicted molar refractivity (Wildman–Crippen MR) is 96.5 cm³/mol. The van der Waals surface area contributed by atoms with Gasteiger partial charge in [0.25, 0.3) is 0 Å². The predicted octanol–water partition coefficient (Wildman–Crippen LogP) is 4.30. The van der Waals surface area contributed by atoms with E-state index in [9.17, 15) is 9.59 Å². The molecule has 132 valence electrons. The zero-order valence-corrected chi connectivity index (χ0v) is 16.3. The van der Waals surface area contributed by atoms with Gasteiger partial charge in [0.1, 0.15) is 11.6 Å². The van der Waals surface area contributed by atoms with Gasteiger partial charge in [-0.1, -0.05) is 34.1 Å². The van der Waals surface area contributed by atoms with Crippen molar-refractivity contribution in [1.29, 1.82) is 0 Å². The maximum atomic E-state index is 12.5. The van der Waals surface area contributed by atoms with E-state index < -0.39 is 23.7 Å². The van der Waals surface area contributed by atoms with Crippen LogP contribution in [0.4, 0.5) is 4.79 Å². The van der Waals surface area contributed by atoms with Crippen LogP contribution in [0.2, 0.25) is 0 Å². The van der Waals surface area contributed by atoms with Crippen LogP contribution in [-0.2, 0) is 20.7 Å². The number of benzene rings is 1. The van der Waals surface area contributed by atoms with Crippen LogP contribution in [0.25, 0.3) is 0 Å². The Kier molecular flexibility index (Phi) is 7.48. The molecule has 0 unspecified atom stereocenters. The molecule has 5 nitrogen and oxygen atoms in total. The fourth-order valence-electron chi connectivity index (χ4n) is 2.04. The van der Waals surface area contributed by atoms with E-state index in [-0.39, 0.29) is 0 Å². The number of amides is 1. The smallest absolute Gasteiger partial charge is 0.415 e. The monoisotopic (exact) mass is 397 g/mol. The van der Waals surface area contributed by atoms with Gasteiger partial charge in [-0.2, -0.15) is 0 Å². The first kappa shape index (κ1) is 20.2. The van der Waals surface area contributed by atoms with E-state index in [0.717, 1.165) is 10.0 Å². The molecule has 1 aromatic rings. The third kappa shape index (κ3) is 6.35. The Morgan fingerprint density at radius 2 is 1.83 bits per heavy atom. The van der Waals surface area contributed by atoms with Gasteiger partial charge < -0.3 is 9.47 Å². The van der Waals surface area contributed by atoms with Gasteiger partial charge in [0, 0.05) is 17.1 Å². The molecular formula is C18H24BrNO4. The highest BCUT2D eigenvalue weighted by Gasteiger charge is 2.32. The molecule has 0 aromatic heterocycles. The summed E-state index contributed by atoms with van der Waals surface area (Å²) in [7, 11) is 1.31. The number of carbonyl (C=O) groups is 2. The number of carbonyl (C=O) groups excluding carboxylic acids is 2. The van der Waals surface area contributed by atoms with Crippen molar-refractivity contribution in [3.63, 3.8) is 0 Å². The highest BCUT2D eigenvalue weighted by Crippen LogP contribution is 2.18. The van der Waals surface area contributed by atoms with E-state index in [0.29, 0.717) is 6.42 Å². The van der Waals surface area contributed by atoms with Crippen molar-refractivity contribution >= 4 is 28.0 Å². The first-order chi connectivity index (χ1) is 11.2. The van der Waals surface area contributed by atoms with E-state index >= 15 is 0 Å². The number of methoxy groups -OCH3 is 1. The fraction of sp³-hybridized carbons (Fsp3) is 0.444. The minimum atomic E-state index is -0.803. The molecule has 1 rings (SSSR count). The summed E-state index contributed by atoms with van der Waals surface area (Å²) in [5, 5.41) is 0. The average molecular weight is 398 g/mol. The maximum absolute atomic E-state index is 12.5. The highest BCUT2D eigenvalue weighted by atomic mass is 79.9. The number of nitrogens with zero attached hydrogens (tertiary/aromatic N) is 1. The van der Waals surface area contributed by atoms with Crippen molar-refractivity contribution in [1.82, 2.24) is 4.90 Å². The van der Waals surface area contributed by atoms with Crippen molar-refractivity contribution < 1.29 is 19.1 Å². The molecule has 0 aliphatic carbocycles. The van der Waals surface area contributed by atoms with E-state index in [1.165, 1.54) is 18.2 Å². The van der Waals surface area contributed by atoms with Gasteiger partial charge in [-0.3, -0.25) is 4.90 Å². The number of hydrogen-bond donors (Lipinski definition) is 0. The molecule has 0 fully saturated rings. The fourth-order valence-corrected chi connectivity index (χ4v) is 2.31. The lowest BCUT2D eigenvalue weighted by Crippen LogP contribution is -2.45. The standard InChI is InChI=1S/C18H24BrNO4/c1-6-11-20(17(22)24-18(2,3)4)15(16(21)23-5)12-13-7-9-14(19)10-8-13/h6-11,15H,12H2,1-5H3/t15-/m0/s1. The molecule has 1 aromatic carbocycles. The minimum absolute atomic E-state index is 0.323. The van der Waals surface area contributed by atoms with Crippen molar-refractivity contribution in [2.45, 2.75) is 45.8 Å². The molecule has 0 heterocycles. The quantitative estimate of drug-likeness (QED) is 0.694. The summed E-state index contributed by atoms with van der Waals surface area (Å²) in [5.74, 6) is -0.498. The SMILES string of the molecule is CC=CN(C(=O)OC(C)(C)C)[C@@H](Cc1ccc(Br)cc1)C(=O)OC. The maximum Gasteiger partial charge on any atom is 0.415 e. The first-order valence-corrected chi connectivity index (χ1v) is 8.43. The minimum Gasteiger partial charge on any atom is -0.467 e. The van der Waals surface area contributed by atoms with Gasteiger partial charge in [0.15, 0.2) is 0 Å². The van der Waals surface area contributed by atoms with E-state index in [1.54, 1.807) is 33.8 Å². The summed E-state index contributed by atoms with van der Waals surface area (Å²) in [5.41, 5.74) is 0.251. The molecule has 0 saturated carbocycles. The van der Waals surface area contributed by atoms with Crippen LogP contribution in [0.3, 0.4) is 0 Å². The molecule has 0 aliphatic heterocycles.